The zero-order chi connectivity index (χ0) is 34.9. The van der Waals surface area contributed by atoms with Crippen molar-refractivity contribution in [3.05, 3.63) is 176 Å². The highest BCUT2D eigenvalue weighted by molar-refractivity contribution is 7.26. The first-order valence-electron chi connectivity index (χ1n) is 18.2. The Bertz CT molecular complexity index is 2860. The summed E-state index contributed by atoms with van der Waals surface area (Å²) in [5.41, 5.74) is 16.6. The third kappa shape index (κ3) is 4.76. The van der Waals surface area contributed by atoms with E-state index < -0.39 is 0 Å². The van der Waals surface area contributed by atoms with E-state index in [4.69, 9.17) is 4.98 Å². The molecule has 1 aliphatic carbocycles. The second-order valence-corrected chi connectivity index (χ2v) is 14.9. The summed E-state index contributed by atoms with van der Waals surface area (Å²) in [7, 11) is 0. The van der Waals surface area contributed by atoms with E-state index in [1.807, 2.05) is 17.5 Å². The van der Waals surface area contributed by atoms with Gasteiger partial charge in [-0.1, -0.05) is 115 Å². The number of fused-ring (bicyclic) bond motifs is 12. The molecule has 2 aromatic heterocycles. The van der Waals surface area contributed by atoms with Crippen LogP contribution in [0.25, 0.3) is 75.9 Å². The fourth-order valence-electron chi connectivity index (χ4n) is 8.56. The number of pyridine rings is 1. The van der Waals surface area contributed by atoms with Gasteiger partial charge in [0, 0.05) is 62.0 Å². The topological polar surface area (TPSA) is 19.4 Å². The Morgan fingerprint density at radius 1 is 0.415 bits per heavy atom. The Kier molecular flexibility index (Phi) is 6.86. The number of thiophene rings is 1. The third-order valence-electron chi connectivity index (χ3n) is 11.0. The number of para-hydroxylation sites is 2. The van der Waals surface area contributed by atoms with Crippen molar-refractivity contribution in [1.82, 2.24) is 4.98 Å². The summed E-state index contributed by atoms with van der Waals surface area (Å²) in [6, 6.07) is 62.3. The lowest BCUT2D eigenvalue weighted by Crippen LogP contribution is -2.36. The Balaban J connectivity index is 1.21. The first-order chi connectivity index (χ1) is 26.3. The summed E-state index contributed by atoms with van der Waals surface area (Å²) in [5, 5.41) is 2.64. The molecule has 4 heteroatoms. The number of aromatic nitrogens is 1. The maximum Gasteiger partial charge on any atom is 0.0787 e. The molecule has 1 aliphatic heterocycles. The predicted octanol–water partition coefficient (Wildman–Crippen LogP) is 13.4. The van der Waals surface area contributed by atoms with E-state index in [0.29, 0.717) is 0 Å². The Morgan fingerprint density at radius 2 is 0.981 bits per heavy atom. The van der Waals surface area contributed by atoms with Gasteiger partial charge in [0.05, 0.1) is 17.1 Å². The van der Waals surface area contributed by atoms with Gasteiger partial charge in [0.2, 0.25) is 0 Å². The Morgan fingerprint density at radius 3 is 1.74 bits per heavy atom. The van der Waals surface area contributed by atoms with Gasteiger partial charge in [0.1, 0.15) is 0 Å². The van der Waals surface area contributed by atoms with E-state index in [-0.39, 0.29) is 0 Å². The second-order valence-electron chi connectivity index (χ2n) is 13.8. The van der Waals surface area contributed by atoms with Crippen molar-refractivity contribution < 1.29 is 0 Å². The summed E-state index contributed by atoms with van der Waals surface area (Å²) in [4.78, 5) is 10.1. The number of anilines is 4. The molecule has 7 aromatic carbocycles. The fraction of sp³-hybridized carbons (Fsp3) is 0.0408. The van der Waals surface area contributed by atoms with Crippen LogP contribution < -0.4 is 9.80 Å². The van der Waals surface area contributed by atoms with E-state index >= 15 is 0 Å². The van der Waals surface area contributed by atoms with Crippen LogP contribution in [0.3, 0.4) is 0 Å². The molecule has 0 saturated heterocycles. The molecule has 0 saturated carbocycles. The molecule has 250 valence electrons. The molecule has 0 unspecified atom stereocenters. The van der Waals surface area contributed by atoms with E-state index in [0.717, 1.165) is 29.9 Å². The van der Waals surface area contributed by atoms with E-state index in [2.05, 4.69) is 180 Å². The Hall–Kier alpha value is -6.49. The van der Waals surface area contributed by atoms with Crippen LogP contribution in [-0.4, -0.2) is 18.1 Å². The fourth-order valence-corrected chi connectivity index (χ4v) is 9.79. The van der Waals surface area contributed by atoms with Gasteiger partial charge in [-0.3, -0.25) is 4.98 Å². The summed E-state index contributed by atoms with van der Waals surface area (Å²) in [6.45, 7) is 1.74. The lowest BCUT2D eigenvalue weighted by molar-refractivity contribution is 0.850. The molecule has 0 bridgehead atoms. The predicted molar refractivity (Wildman–Crippen MR) is 225 cm³/mol. The van der Waals surface area contributed by atoms with Crippen molar-refractivity contribution in [2.75, 3.05) is 22.9 Å². The van der Waals surface area contributed by atoms with Gasteiger partial charge in [0.15, 0.2) is 0 Å². The SMILES string of the molecule is c1ccc(N2CCN(c3ccccc3)c3cc4c(cc32)-c2ccc(-c3cccc5c3sc3ccccc35)cc2-c2ccccc2-c2cccnc2-4)cc1. The number of benzene rings is 7. The van der Waals surface area contributed by atoms with Gasteiger partial charge in [-0.05, 0) is 93.5 Å². The first-order valence-corrected chi connectivity index (χ1v) is 19.1. The third-order valence-corrected chi connectivity index (χ3v) is 12.2. The van der Waals surface area contributed by atoms with E-state index in [9.17, 15) is 0 Å². The molecule has 11 rings (SSSR count). The maximum atomic E-state index is 5.15. The molecule has 0 radical (unpaired) electrons. The van der Waals surface area contributed by atoms with Gasteiger partial charge in [-0.15, -0.1) is 11.3 Å². The van der Waals surface area contributed by atoms with E-state index in [1.165, 1.54) is 81.9 Å². The molecule has 0 atom stereocenters. The van der Waals surface area contributed by atoms with Gasteiger partial charge >= 0.3 is 0 Å². The molecule has 2 aliphatic rings. The summed E-state index contributed by atoms with van der Waals surface area (Å²) in [6.07, 6.45) is 1.94. The minimum atomic E-state index is 0.867. The number of hydrogen-bond acceptors (Lipinski definition) is 4. The zero-order valence-electron chi connectivity index (χ0n) is 28.9. The molecule has 9 aromatic rings. The van der Waals surface area contributed by atoms with Crippen molar-refractivity contribution in [3.8, 4) is 55.8 Å². The minimum Gasteiger partial charge on any atom is -0.338 e. The highest BCUT2D eigenvalue weighted by atomic mass is 32.1. The second kappa shape index (κ2) is 12.0. The Labute approximate surface area is 312 Å². The van der Waals surface area contributed by atoms with Crippen LogP contribution in [-0.2, 0) is 0 Å². The van der Waals surface area contributed by atoms with Crippen LogP contribution in [0.15, 0.2) is 176 Å². The smallest absolute Gasteiger partial charge is 0.0787 e. The number of nitrogens with zero attached hydrogens (tertiary/aromatic N) is 3. The molecular weight excluding hydrogens is 663 g/mol. The minimum absolute atomic E-state index is 0.867. The van der Waals surface area contributed by atoms with Crippen LogP contribution in [0.5, 0.6) is 0 Å². The molecule has 0 N–H and O–H groups in total. The molecule has 0 spiro atoms. The summed E-state index contributed by atoms with van der Waals surface area (Å²) >= 11 is 1.89. The number of rotatable bonds is 3. The average molecular weight is 696 g/mol. The van der Waals surface area contributed by atoms with Gasteiger partial charge in [-0.25, -0.2) is 0 Å². The number of hydrogen-bond donors (Lipinski definition) is 0. The standard InChI is InChI=1S/C49H33N3S/c1-3-13-33(14-4-1)51-27-28-52(34-15-5-2-6-16-34)46-31-44-43(30-45(46)51)38-25-24-32(35-20-11-21-41-39-19-9-10-23-47(39)53-49(35)41)29-42(38)37-18-8-7-17-36(37)40-22-12-26-50-48(40)44/h1-26,29-31H,27-28H2. The van der Waals surface area contributed by atoms with Crippen molar-refractivity contribution in [1.29, 1.82) is 0 Å². The normalized spacial score (nSPS) is 13.1. The molecule has 53 heavy (non-hydrogen) atoms. The molecule has 0 fully saturated rings. The molecule has 0 amide bonds. The summed E-state index contributed by atoms with van der Waals surface area (Å²) < 4.78 is 2.65. The maximum absolute atomic E-state index is 5.15. The van der Waals surface area contributed by atoms with Gasteiger partial charge < -0.3 is 9.80 Å². The van der Waals surface area contributed by atoms with Crippen molar-refractivity contribution in [2.24, 2.45) is 0 Å². The van der Waals surface area contributed by atoms with Crippen molar-refractivity contribution in [2.45, 2.75) is 0 Å². The van der Waals surface area contributed by atoms with Gasteiger partial charge in [0.25, 0.3) is 0 Å². The monoisotopic (exact) mass is 695 g/mol. The highest BCUT2D eigenvalue weighted by Gasteiger charge is 2.30. The van der Waals surface area contributed by atoms with Gasteiger partial charge in [-0.2, -0.15) is 0 Å². The molecule has 3 heterocycles. The highest BCUT2D eigenvalue weighted by Crippen LogP contribution is 2.53. The van der Waals surface area contributed by atoms with E-state index in [1.54, 1.807) is 0 Å². The quantitative estimate of drug-likeness (QED) is 0.183. The van der Waals surface area contributed by atoms with Crippen molar-refractivity contribution in [3.63, 3.8) is 0 Å². The average Bonchev–Trinajstić information content (AvgIpc) is 3.62. The first kappa shape index (κ1) is 30.2. The van der Waals surface area contributed by atoms with Crippen LogP contribution in [0, 0.1) is 0 Å². The van der Waals surface area contributed by atoms with Crippen LogP contribution in [0.2, 0.25) is 0 Å². The zero-order valence-corrected chi connectivity index (χ0v) is 29.7. The molecular formula is C49H33N3S. The lowest BCUT2D eigenvalue weighted by Gasteiger charge is -2.40. The summed E-state index contributed by atoms with van der Waals surface area (Å²) in [5.74, 6) is 0. The largest absolute Gasteiger partial charge is 0.338 e. The molecule has 3 nitrogen and oxygen atoms in total. The van der Waals surface area contributed by atoms with Crippen LogP contribution in [0.4, 0.5) is 22.7 Å². The lowest BCUT2D eigenvalue weighted by atomic mass is 9.81. The van der Waals surface area contributed by atoms with Crippen molar-refractivity contribution >= 4 is 54.3 Å². The van der Waals surface area contributed by atoms with Crippen LogP contribution >= 0.6 is 11.3 Å². The van der Waals surface area contributed by atoms with Crippen LogP contribution in [0.1, 0.15) is 0 Å².